The molecule has 2 aromatic carbocycles. The average molecular weight is 435 g/mol. The minimum atomic E-state index is -0.467. The topological polar surface area (TPSA) is 50.2 Å². The van der Waals surface area contributed by atoms with Crippen LogP contribution in [0.1, 0.15) is 30.9 Å². The highest BCUT2D eigenvalue weighted by Gasteiger charge is 2.41. The number of nitrogens with one attached hydrogen (secondary N) is 1. The number of nitrogens with zero attached hydrogens (tertiary/aromatic N) is 3. The van der Waals surface area contributed by atoms with Gasteiger partial charge >= 0.3 is 0 Å². The molecule has 1 fully saturated rings. The second kappa shape index (κ2) is 9.65. The highest BCUT2D eigenvalue weighted by molar-refractivity contribution is 5.83. The van der Waals surface area contributed by atoms with E-state index in [0.29, 0.717) is 13.0 Å². The Kier molecular flexibility index (Phi) is 6.70. The molecule has 1 aliphatic heterocycles. The molecule has 0 unspecified atom stereocenters. The Hall–Kier alpha value is -2.99. The normalized spacial score (nSPS) is 16.1. The molecule has 6 heteroatoms. The van der Waals surface area contributed by atoms with Crippen LogP contribution in [0.4, 0.5) is 4.39 Å². The lowest BCUT2D eigenvalue weighted by Crippen LogP contribution is -2.49. The highest BCUT2D eigenvalue weighted by Crippen LogP contribution is 2.38. The number of amides is 1. The van der Waals surface area contributed by atoms with Crippen LogP contribution in [0.5, 0.6) is 0 Å². The number of rotatable bonds is 7. The molecule has 2 heterocycles. The first-order chi connectivity index (χ1) is 15.5. The number of hydrogen-bond acceptors (Lipinski definition) is 3. The fraction of sp³-hybridized carbons (Fsp3) is 0.385. The molecule has 1 amide bonds. The predicted molar refractivity (Wildman–Crippen MR) is 124 cm³/mol. The number of carbonyl (C=O) groups is 1. The third kappa shape index (κ3) is 4.91. The molecule has 0 atom stereocenters. The van der Waals surface area contributed by atoms with Crippen molar-refractivity contribution in [3.05, 3.63) is 77.9 Å². The van der Waals surface area contributed by atoms with E-state index in [1.54, 1.807) is 12.1 Å². The zero-order chi connectivity index (χ0) is 22.6. The summed E-state index contributed by atoms with van der Waals surface area (Å²) >= 11 is 0. The maximum atomic E-state index is 13.9. The van der Waals surface area contributed by atoms with Gasteiger partial charge in [0, 0.05) is 31.9 Å². The van der Waals surface area contributed by atoms with Gasteiger partial charge in [0.2, 0.25) is 5.91 Å². The summed E-state index contributed by atoms with van der Waals surface area (Å²) in [5.74, 6) is -0.130. The van der Waals surface area contributed by atoms with Gasteiger partial charge in [-0.05, 0) is 68.1 Å². The lowest BCUT2D eigenvalue weighted by atomic mass is 9.72. The van der Waals surface area contributed by atoms with Crippen molar-refractivity contribution in [3.8, 4) is 11.1 Å². The van der Waals surface area contributed by atoms with Gasteiger partial charge < -0.3 is 5.32 Å². The largest absolute Gasteiger partial charge is 0.356 e. The molecule has 1 N–H and O–H groups in total. The summed E-state index contributed by atoms with van der Waals surface area (Å²) in [5.41, 5.74) is 3.65. The summed E-state index contributed by atoms with van der Waals surface area (Å²) in [6.07, 6.45) is 6.17. The number of hydrogen-bond donors (Lipinski definition) is 1. The molecule has 1 aromatic heterocycles. The van der Waals surface area contributed by atoms with Crippen molar-refractivity contribution in [2.24, 2.45) is 12.5 Å². The summed E-state index contributed by atoms with van der Waals surface area (Å²) in [4.78, 5) is 15.7. The van der Waals surface area contributed by atoms with Gasteiger partial charge in [0.15, 0.2) is 0 Å². The number of halogens is 1. The van der Waals surface area contributed by atoms with E-state index in [2.05, 4.69) is 21.4 Å². The number of aromatic nitrogens is 2. The Morgan fingerprint density at radius 2 is 1.94 bits per heavy atom. The van der Waals surface area contributed by atoms with Crippen molar-refractivity contribution in [2.45, 2.75) is 32.7 Å². The van der Waals surface area contributed by atoms with E-state index in [1.807, 2.05) is 55.3 Å². The number of likely N-dealkylation sites (tertiary alicyclic amines) is 1. The number of aryl methyl sites for hydroxylation is 1. The van der Waals surface area contributed by atoms with Crippen molar-refractivity contribution in [1.29, 1.82) is 0 Å². The molecular weight excluding hydrogens is 403 g/mol. The van der Waals surface area contributed by atoms with Gasteiger partial charge in [-0.2, -0.15) is 5.10 Å². The maximum absolute atomic E-state index is 13.9. The van der Waals surface area contributed by atoms with Crippen LogP contribution in [0.3, 0.4) is 0 Å². The molecule has 0 bridgehead atoms. The Morgan fingerprint density at radius 3 is 2.62 bits per heavy atom. The van der Waals surface area contributed by atoms with Crippen LogP contribution in [-0.2, 0) is 24.8 Å². The van der Waals surface area contributed by atoms with Crippen LogP contribution in [0.15, 0.2) is 60.9 Å². The summed E-state index contributed by atoms with van der Waals surface area (Å²) in [5, 5.41) is 7.34. The second-order valence-corrected chi connectivity index (χ2v) is 8.78. The van der Waals surface area contributed by atoms with Crippen molar-refractivity contribution in [1.82, 2.24) is 20.0 Å². The fourth-order valence-electron chi connectivity index (χ4n) is 4.76. The smallest absolute Gasteiger partial charge is 0.226 e. The van der Waals surface area contributed by atoms with Crippen molar-refractivity contribution in [3.63, 3.8) is 0 Å². The molecule has 0 spiro atoms. The first kappa shape index (κ1) is 22.2. The lowest BCUT2D eigenvalue weighted by Gasteiger charge is -2.41. The van der Waals surface area contributed by atoms with E-state index >= 15 is 0 Å². The third-order valence-electron chi connectivity index (χ3n) is 6.48. The molecule has 0 radical (unpaired) electrons. The minimum Gasteiger partial charge on any atom is -0.356 e. The quantitative estimate of drug-likeness (QED) is 0.607. The van der Waals surface area contributed by atoms with E-state index in [4.69, 9.17) is 0 Å². The lowest BCUT2D eigenvalue weighted by molar-refractivity contribution is -0.134. The molecule has 0 aliphatic carbocycles. The van der Waals surface area contributed by atoms with E-state index in [1.165, 1.54) is 11.6 Å². The maximum Gasteiger partial charge on any atom is 0.226 e. The standard InChI is InChI=1S/C26H31FN4O/c1-3-28-25(32)26(11-13-31(14-12-26)19-20-17-29-30(2)18-20)16-22-7-4-5-10-24(22)21-8-6-9-23(27)15-21/h4-10,15,17-18H,3,11-14,16,19H2,1-2H3,(H,28,32). The fourth-order valence-corrected chi connectivity index (χ4v) is 4.76. The van der Waals surface area contributed by atoms with Gasteiger partial charge in [0.1, 0.15) is 5.82 Å². The van der Waals surface area contributed by atoms with Gasteiger partial charge in [0.05, 0.1) is 11.6 Å². The van der Waals surface area contributed by atoms with Gasteiger partial charge in [0.25, 0.3) is 0 Å². The van der Waals surface area contributed by atoms with Crippen molar-refractivity contribution >= 4 is 5.91 Å². The van der Waals surface area contributed by atoms with Gasteiger partial charge in [-0.15, -0.1) is 0 Å². The summed E-state index contributed by atoms with van der Waals surface area (Å²) in [6, 6.07) is 14.7. The van der Waals surface area contributed by atoms with Crippen LogP contribution in [0, 0.1) is 11.2 Å². The van der Waals surface area contributed by atoms with E-state index in [0.717, 1.165) is 49.2 Å². The second-order valence-electron chi connectivity index (χ2n) is 8.78. The SMILES string of the molecule is CCNC(=O)C1(Cc2ccccc2-c2cccc(F)c2)CCN(Cc2cnn(C)c2)CC1. The Morgan fingerprint density at radius 1 is 1.16 bits per heavy atom. The first-order valence-electron chi connectivity index (χ1n) is 11.3. The molecule has 32 heavy (non-hydrogen) atoms. The molecule has 1 saturated heterocycles. The first-order valence-corrected chi connectivity index (χ1v) is 11.3. The monoisotopic (exact) mass is 434 g/mol. The van der Waals surface area contributed by atoms with Crippen LogP contribution in [-0.4, -0.2) is 40.2 Å². The summed E-state index contributed by atoms with van der Waals surface area (Å²) < 4.78 is 15.7. The molecular formula is C26H31FN4O. The number of piperidine rings is 1. The van der Waals surface area contributed by atoms with Crippen molar-refractivity contribution in [2.75, 3.05) is 19.6 Å². The van der Waals surface area contributed by atoms with E-state index < -0.39 is 5.41 Å². The molecule has 1 aliphatic rings. The summed E-state index contributed by atoms with van der Waals surface area (Å²) in [7, 11) is 1.93. The van der Waals surface area contributed by atoms with Crippen LogP contribution >= 0.6 is 0 Å². The molecule has 0 saturated carbocycles. The van der Waals surface area contributed by atoms with Gasteiger partial charge in [-0.25, -0.2) is 4.39 Å². The number of benzene rings is 2. The zero-order valence-corrected chi connectivity index (χ0v) is 18.9. The molecule has 5 nitrogen and oxygen atoms in total. The molecule has 3 aromatic rings. The van der Waals surface area contributed by atoms with Crippen LogP contribution < -0.4 is 5.32 Å². The van der Waals surface area contributed by atoms with Gasteiger partial charge in [-0.1, -0.05) is 36.4 Å². The van der Waals surface area contributed by atoms with Crippen molar-refractivity contribution < 1.29 is 9.18 Å². The Balaban J connectivity index is 1.57. The Labute approximate surface area is 189 Å². The minimum absolute atomic E-state index is 0.120. The number of carbonyl (C=O) groups excluding carboxylic acids is 1. The van der Waals surface area contributed by atoms with Crippen LogP contribution in [0.25, 0.3) is 11.1 Å². The van der Waals surface area contributed by atoms with Crippen LogP contribution in [0.2, 0.25) is 0 Å². The molecule has 168 valence electrons. The average Bonchev–Trinajstić information content (AvgIpc) is 3.20. The van der Waals surface area contributed by atoms with E-state index in [-0.39, 0.29) is 11.7 Å². The van der Waals surface area contributed by atoms with Gasteiger partial charge in [-0.3, -0.25) is 14.4 Å². The summed E-state index contributed by atoms with van der Waals surface area (Å²) in [6.45, 7) is 5.14. The Bertz CT molecular complexity index is 1070. The zero-order valence-electron chi connectivity index (χ0n) is 18.9. The highest BCUT2D eigenvalue weighted by atomic mass is 19.1. The molecule has 4 rings (SSSR count). The third-order valence-corrected chi connectivity index (χ3v) is 6.48. The van der Waals surface area contributed by atoms with E-state index in [9.17, 15) is 9.18 Å². The predicted octanol–water partition coefficient (Wildman–Crippen LogP) is 4.19.